The van der Waals surface area contributed by atoms with Gasteiger partial charge in [-0.15, -0.1) is 0 Å². The molecule has 7 heteroatoms. The topological polar surface area (TPSA) is 89.2 Å². The molecular weight excluding hydrogens is 476 g/mol. The molecular formula is C31H30N4O3. The summed E-state index contributed by atoms with van der Waals surface area (Å²) in [5.41, 5.74) is 3.54. The molecule has 0 saturated heterocycles. The zero-order chi connectivity index (χ0) is 26.7. The van der Waals surface area contributed by atoms with Crippen LogP contribution in [0.2, 0.25) is 0 Å². The number of rotatable bonds is 11. The highest BCUT2D eigenvalue weighted by atomic mass is 16.5. The van der Waals surface area contributed by atoms with Crippen LogP contribution in [-0.4, -0.2) is 28.9 Å². The van der Waals surface area contributed by atoms with Gasteiger partial charge in [-0.3, -0.25) is 4.79 Å². The molecule has 0 saturated carbocycles. The number of unbranched alkanes of at least 4 members (excludes halogenated alkanes) is 1. The third-order valence-corrected chi connectivity index (χ3v) is 5.75. The van der Waals surface area contributed by atoms with Gasteiger partial charge in [0.15, 0.2) is 0 Å². The SMILES string of the molecule is CCCCOc1ccc(-c2nn(-c3ccccc3)cc2C=C(C#N)C(=O)Nc2ccc(OCC)cc2)cc1. The Balaban J connectivity index is 1.64. The number of para-hydroxylation sites is 1. The first-order valence-corrected chi connectivity index (χ1v) is 12.7. The monoisotopic (exact) mass is 506 g/mol. The largest absolute Gasteiger partial charge is 0.494 e. The second-order valence-electron chi connectivity index (χ2n) is 8.52. The summed E-state index contributed by atoms with van der Waals surface area (Å²) in [6.45, 7) is 5.25. The Morgan fingerprint density at radius 1 is 0.974 bits per heavy atom. The lowest BCUT2D eigenvalue weighted by Gasteiger charge is -2.07. The van der Waals surface area contributed by atoms with E-state index >= 15 is 0 Å². The standard InChI is InChI=1S/C31H30N4O3/c1-3-5-19-38-29-15-11-23(12-16-29)30-25(22-35(34-30)27-9-7-6-8-10-27)20-24(21-32)31(36)33-26-13-17-28(18-14-26)37-4-2/h6-18,20,22H,3-5,19H2,1-2H3,(H,33,36). The van der Waals surface area contributed by atoms with Crippen molar-refractivity contribution in [2.75, 3.05) is 18.5 Å². The van der Waals surface area contributed by atoms with Crippen LogP contribution in [0.15, 0.2) is 90.6 Å². The quantitative estimate of drug-likeness (QED) is 0.140. The van der Waals surface area contributed by atoms with E-state index in [2.05, 4.69) is 12.2 Å². The molecule has 0 radical (unpaired) electrons. The maximum absolute atomic E-state index is 13.0. The normalized spacial score (nSPS) is 11.0. The fourth-order valence-electron chi connectivity index (χ4n) is 3.78. The van der Waals surface area contributed by atoms with Crippen molar-refractivity contribution in [3.63, 3.8) is 0 Å². The van der Waals surface area contributed by atoms with Crippen LogP contribution in [0.5, 0.6) is 11.5 Å². The number of carbonyl (C=O) groups excluding carboxylic acids is 1. The molecule has 0 aliphatic carbocycles. The third-order valence-electron chi connectivity index (χ3n) is 5.75. The Hall–Kier alpha value is -4.83. The molecule has 0 spiro atoms. The van der Waals surface area contributed by atoms with Crippen molar-refractivity contribution in [1.82, 2.24) is 9.78 Å². The first-order valence-electron chi connectivity index (χ1n) is 12.7. The lowest BCUT2D eigenvalue weighted by Crippen LogP contribution is -2.13. The molecule has 0 atom stereocenters. The summed E-state index contributed by atoms with van der Waals surface area (Å²) in [7, 11) is 0. The van der Waals surface area contributed by atoms with E-state index in [1.165, 1.54) is 0 Å². The van der Waals surface area contributed by atoms with E-state index in [0.717, 1.165) is 29.8 Å². The van der Waals surface area contributed by atoms with E-state index in [1.807, 2.05) is 73.8 Å². The average molecular weight is 507 g/mol. The van der Waals surface area contributed by atoms with Gasteiger partial charge in [0, 0.05) is 23.0 Å². The smallest absolute Gasteiger partial charge is 0.266 e. The fraction of sp³-hybridized carbons (Fsp3) is 0.194. The lowest BCUT2D eigenvalue weighted by molar-refractivity contribution is -0.112. The number of benzene rings is 3. The van der Waals surface area contributed by atoms with Crippen molar-refractivity contribution in [3.05, 3.63) is 96.2 Å². The number of nitrogens with one attached hydrogen (secondary N) is 1. The molecule has 0 aliphatic heterocycles. The number of aromatic nitrogens is 2. The van der Waals surface area contributed by atoms with E-state index in [9.17, 15) is 10.1 Å². The highest BCUT2D eigenvalue weighted by Gasteiger charge is 2.16. The van der Waals surface area contributed by atoms with Gasteiger partial charge in [0.2, 0.25) is 0 Å². The highest BCUT2D eigenvalue weighted by Crippen LogP contribution is 2.28. The zero-order valence-electron chi connectivity index (χ0n) is 21.6. The molecule has 0 unspecified atom stereocenters. The van der Waals surface area contributed by atoms with Gasteiger partial charge in [-0.25, -0.2) is 4.68 Å². The highest BCUT2D eigenvalue weighted by molar-refractivity contribution is 6.10. The van der Waals surface area contributed by atoms with Gasteiger partial charge in [0.05, 0.1) is 24.6 Å². The Bertz CT molecular complexity index is 1420. The summed E-state index contributed by atoms with van der Waals surface area (Å²) < 4.78 is 13.0. The predicted octanol–water partition coefficient (Wildman–Crippen LogP) is 6.66. The second kappa shape index (κ2) is 12.9. The van der Waals surface area contributed by atoms with E-state index in [0.29, 0.717) is 35.9 Å². The second-order valence-corrected chi connectivity index (χ2v) is 8.52. The van der Waals surface area contributed by atoms with Crippen LogP contribution < -0.4 is 14.8 Å². The van der Waals surface area contributed by atoms with Gasteiger partial charge in [-0.05, 0) is 80.1 Å². The minimum absolute atomic E-state index is 0.0349. The van der Waals surface area contributed by atoms with Crippen LogP contribution in [-0.2, 0) is 4.79 Å². The van der Waals surface area contributed by atoms with Gasteiger partial charge in [-0.2, -0.15) is 10.4 Å². The predicted molar refractivity (Wildman–Crippen MR) is 149 cm³/mol. The molecule has 7 nitrogen and oxygen atoms in total. The van der Waals surface area contributed by atoms with Crippen LogP contribution in [0.1, 0.15) is 32.3 Å². The molecule has 1 heterocycles. The van der Waals surface area contributed by atoms with Crippen molar-refractivity contribution in [1.29, 1.82) is 5.26 Å². The van der Waals surface area contributed by atoms with E-state index in [1.54, 1.807) is 35.0 Å². The van der Waals surface area contributed by atoms with E-state index < -0.39 is 5.91 Å². The molecule has 0 fully saturated rings. The minimum atomic E-state index is -0.505. The first kappa shape index (κ1) is 26.2. The number of nitriles is 1. The summed E-state index contributed by atoms with van der Waals surface area (Å²) >= 11 is 0. The van der Waals surface area contributed by atoms with Crippen LogP contribution in [0, 0.1) is 11.3 Å². The molecule has 38 heavy (non-hydrogen) atoms. The molecule has 0 bridgehead atoms. The number of hydrogen-bond donors (Lipinski definition) is 1. The van der Waals surface area contributed by atoms with E-state index in [4.69, 9.17) is 14.6 Å². The molecule has 3 aromatic carbocycles. The van der Waals surface area contributed by atoms with Gasteiger partial charge in [-0.1, -0.05) is 31.5 Å². The van der Waals surface area contributed by atoms with Crippen molar-refractivity contribution in [2.24, 2.45) is 0 Å². The van der Waals surface area contributed by atoms with Gasteiger partial charge >= 0.3 is 0 Å². The summed E-state index contributed by atoms with van der Waals surface area (Å²) in [5.74, 6) is 0.991. The maximum atomic E-state index is 13.0. The molecule has 192 valence electrons. The van der Waals surface area contributed by atoms with Gasteiger partial charge in [0.1, 0.15) is 23.1 Å². The summed E-state index contributed by atoms with van der Waals surface area (Å²) in [6, 6.07) is 26.4. The van der Waals surface area contributed by atoms with Gasteiger partial charge in [0.25, 0.3) is 5.91 Å². The molecule has 0 aliphatic rings. The van der Waals surface area contributed by atoms with Crippen LogP contribution >= 0.6 is 0 Å². The van der Waals surface area contributed by atoms with Crippen LogP contribution in [0.4, 0.5) is 5.69 Å². The van der Waals surface area contributed by atoms with E-state index in [-0.39, 0.29) is 5.57 Å². The molecule has 1 aromatic heterocycles. The Kier molecular flexibility index (Phi) is 8.93. The van der Waals surface area contributed by atoms with Crippen LogP contribution in [0.3, 0.4) is 0 Å². The van der Waals surface area contributed by atoms with Crippen molar-refractivity contribution in [3.8, 4) is 34.5 Å². The van der Waals surface area contributed by atoms with Gasteiger partial charge < -0.3 is 14.8 Å². The summed E-state index contributed by atoms with van der Waals surface area (Å²) in [6.07, 6.45) is 5.45. The Morgan fingerprint density at radius 2 is 1.66 bits per heavy atom. The summed E-state index contributed by atoms with van der Waals surface area (Å²) in [5, 5.41) is 17.4. The maximum Gasteiger partial charge on any atom is 0.266 e. The number of hydrogen-bond acceptors (Lipinski definition) is 5. The molecule has 4 aromatic rings. The number of carbonyl (C=O) groups is 1. The number of anilines is 1. The zero-order valence-corrected chi connectivity index (χ0v) is 21.6. The van der Waals surface area contributed by atoms with Crippen molar-refractivity contribution in [2.45, 2.75) is 26.7 Å². The average Bonchev–Trinajstić information content (AvgIpc) is 3.38. The Labute approximate surface area is 223 Å². The third kappa shape index (κ3) is 6.68. The number of amides is 1. The molecule has 1 amide bonds. The summed E-state index contributed by atoms with van der Waals surface area (Å²) in [4.78, 5) is 13.0. The lowest BCUT2D eigenvalue weighted by atomic mass is 10.1. The first-order chi connectivity index (χ1) is 18.6. The number of nitrogens with zero attached hydrogens (tertiary/aromatic N) is 3. The van der Waals surface area contributed by atoms with Crippen molar-refractivity contribution >= 4 is 17.7 Å². The molecule has 4 rings (SSSR count). The van der Waals surface area contributed by atoms with Crippen molar-refractivity contribution < 1.29 is 14.3 Å². The Morgan fingerprint density at radius 3 is 2.32 bits per heavy atom. The minimum Gasteiger partial charge on any atom is -0.494 e. The fourth-order valence-corrected chi connectivity index (χ4v) is 3.78. The molecule has 1 N–H and O–H groups in total. The number of ether oxygens (including phenoxy) is 2. The van der Waals surface area contributed by atoms with Crippen LogP contribution in [0.25, 0.3) is 23.0 Å².